The molecule has 0 unspecified atom stereocenters. The summed E-state index contributed by atoms with van der Waals surface area (Å²) in [5, 5.41) is 16.7. The van der Waals surface area contributed by atoms with Crippen LogP contribution in [-0.2, 0) is 6.42 Å². The van der Waals surface area contributed by atoms with E-state index in [9.17, 15) is 5.11 Å². The summed E-state index contributed by atoms with van der Waals surface area (Å²) in [6, 6.07) is 10.5. The molecule has 23 heavy (non-hydrogen) atoms. The third kappa shape index (κ3) is 3.01. The molecule has 3 N–H and O–H groups in total. The fourth-order valence-electron chi connectivity index (χ4n) is 3.42. The van der Waals surface area contributed by atoms with Crippen molar-refractivity contribution in [2.45, 2.75) is 44.2 Å². The summed E-state index contributed by atoms with van der Waals surface area (Å²) in [6.07, 6.45) is 4.55. The first kappa shape index (κ1) is 14.5. The van der Waals surface area contributed by atoms with Gasteiger partial charge in [-0.15, -0.1) is 0 Å². The molecule has 0 radical (unpaired) electrons. The van der Waals surface area contributed by atoms with Gasteiger partial charge < -0.3 is 15.7 Å². The number of aromatic nitrogens is 2. The molecule has 1 aromatic carbocycles. The van der Waals surface area contributed by atoms with Gasteiger partial charge in [-0.25, -0.2) is 9.97 Å². The molecule has 1 saturated carbocycles. The minimum atomic E-state index is -0.134. The van der Waals surface area contributed by atoms with E-state index in [2.05, 4.69) is 15.6 Å². The zero-order chi connectivity index (χ0) is 15.6. The van der Waals surface area contributed by atoms with Crippen LogP contribution < -0.4 is 10.6 Å². The van der Waals surface area contributed by atoms with Gasteiger partial charge in [-0.3, -0.25) is 0 Å². The molecule has 120 valence electrons. The second-order valence-electron chi connectivity index (χ2n) is 6.42. The monoisotopic (exact) mass is 310 g/mol. The van der Waals surface area contributed by atoms with Crippen molar-refractivity contribution in [2.24, 2.45) is 0 Å². The summed E-state index contributed by atoms with van der Waals surface area (Å²) in [4.78, 5) is 9.49. The van der Waals surface area contributed by atoms with Gasteiger partial charge in [-0.2, -0.15) is 0 Å². The molecule has 2 aliphatic rings. The molecule has 1 aliphatic carbocycles. The number of hydrogen-bond donors (Lipinski definition) is 3. The lowest BCUT2D eigenvalue weighted by atomic mass is 9.93. The van der Waals surface area contributed by atoms with E-state index in [-0.39, 0.29) is 6.10 Å². The van der Waals surface area contributed by atoms with Crippen LogP contribution in [0.3, 0.4) is 0 Å². The van der Waals surface area contributed by atoms with E-state index >= 15 is 0 Å². The average molecular weight is 310 g/mol. The third-order valence-electron chi connectivity index (χ3n) is 4.74. The Morgan fingerprint density at radius 2 is 1.83 bits per heavy atom. The highest BCUT2D eigenvalue weighted by Gasteiger charge is 2.24. The van der Waals surface area contributed by atoms with Crippen molar-refractivity contribution in [1.82, 2.24) is 9.97 Å². The first-order valence-corrected chi connectivity index (χ1v) is 8.44. The summed E-state index contributed by atoms with van der Waals surface area (Å²) in [5.74, 6) is 2.68. The smallest absolute Gasteiger partial charge is 0.163 e. The Bertz CT molecular complexity index is 681. The molecule has 5 heteroatoms. The second-order valence-corrected chi connectivity index (χ2v) is 6.42. The van der Waals surface area contributed by atoms with E-state index in [0.29, 0.717) is 6.04 Å². The van der Waals surface area contributed by atoms with Gasteiger partial charge in [0.25, 0.3) is 0 Å². The normalized spacial score (nSPS) is 23.2. The predicted molar refractivity (Wildman–Crippen MR) is 91.5 cm³/mol. The van der Waals surface area contributed by atoms with E-state index in [1.54, 1.807) is 0 Å². The molecule has 0 saturated heterocycles. The highest BCUT2D eigenvalue weighted by Crippen LogP contribution is 2.31. The van der Waals surface area contributed by atoms with Crippen molar-refractivity contribution < 1.29 is 5.11 Å². The van der Waals surface area contributed by atoms with E-state index in [0.717, 1.165) is 61.7 Å². The summed E-state index contributed by atoms with van der Waals surface area (Å²) >= 11 is 0. The first-order valence-electron chi connectivity index (χ1n) is 8.44. The van der Waals surface area contributed by atoms with Crippen molar-refractivity contribution in [3.05, 3.63) is 35.9 Å². The fraction of sp³-hybridized carbons (Fsp3) is 0.444. The minimum Gasteiger partial charge on any atom is -0.393 e. The van der Waals surface area contributed by atoms with E-state index in [1.807, 2.05) is 30.3 Å². The summed E-state index contributed by atoms with van der Waals surface area (Å²) in [6.45, 7) is 0.917. The van der Waals surface area contributed by atoms with Gasteiger partial charge >= 0.3 is 0 Å². The Morgan fingerprint density at radius 3 is 2.61 bits per heavy atom. The van der Waals surface area contributed by atoms with Crippen molar-refractivity contribution in [3.8, 4) is 11.4 Å². The number of rotatable bonds is 3. The zero-order valence-electron chi connectivity index (χ0n) is 13.1. The number of fused-ring (bicyclic) bond motifs is 1. The Labute approximate surface area is 136 Å². The maximum absolute atomic E-state index is 9.68. The van der Waals surface area contributed by atoms with Gasteiger partial charge in [-0.05, 0) is 32.1 Å². The second kappa shape index (κ2) is 6.16. The van der Waals surface area contributed by atoms with Crippen LogP contribution in [0.2, 0.25) is 0 Å². The molecule has 0 amide bonds. The number of nitrogens with zero attached hydrogens (tertiary/aromatic N) is 2. The average Bonchev–Trinajstić information content (AvgIpc) is 3.06. The Kier molecular flexibility index (Phi) is 3.87. The van der Waals surface area contributed by atoms with Gasteiger partial charge in [0, 0.05) is 23.7 Å². The summed E-state index contributed by atoms with van der Waals surface area (Å²) in [5.41, 5.74) is 2.22. The van der Waals surface area contributed by atoms with E-state index < -0.39 is 0 Å². The van der Waals surface area contributed by atoms with Gasteiger partial charge in [0.05, 0.1) is 6.10 Å². The van der Waals surface area contributed by atoms with Gasteiger partial charge in [0.1, 0.15) is 11.6 Å². The lowest BCUT2D eigenvalue weighted by Crippen LogP contribution is -2.29. The molecular formula is C18H22N4O. The zero-order valence-corrected chi connectivity index (χ0v) is 13.1. The summed E-state index contributed by atoms with van der Waals surface area (Å²) < 4.78 is 0. The van der Waals surface area contributed by atoms with Gasteiger partial charge in [0.15, 0.2) is 5.82 Å². The molecule has 2 heterocycles. The Hall–Kier alpha value is -2.14. The Balaban J connectivity index is 1.64. The maximum atomic E-state index is 9.68. The molecule has 0 atom stereocenters. The molecule has 1 aliphatic heterocycles. The van der Waals surface area contributed by atoms with Crippen molar-refractivity contribution in [3.63, 3.8) is 0 Å². The van der Waals surface area contributed by atoms with Crippen LogP contribution in [-0.4, -0.2) is 33.8 Å². The number of anilines is 2. The molecule has 0 bridgehead atoms. The van der Waals surface area contributed by atoms with E-state index in [4.69, 9.17) is 4.98 Å². The standard InChI is InChI=1S/C18H22N4O/c23-14-8-6-13(7-9-14)20-18-15-10-11-19-17(15)21-16(22-18)12-4-2-1-3-5-12/h1-5,13-14,23H,6-11H2,(H2,19,20,21,22)/t13-,14-. The highest BCUT2D eigenvalue weighted by molar-refractivity contribution is 5.67. The van der Waals surface area contributed by atoms with E-state index in [1.165, 1.54) is 5.56 Å². The van der Waals surface area contributed by atoms with Crippen LogP contribution in [0.1, 0.15) is 31.2 Å². The predicted octanol–water partition coefficient (Wildman–Crippen LogP) is 2.83. The highest BCUT2D eigenvalue weighted by atomic mass is 16.3. The lowest BCUT2D eigenvalue weighted by Gasteiger charge is -2.27. The van der Waals surface area contributed by atoms with Crippen molar-refractivity contribution in [1.29, 1.82) is 0 Å². The quantitative estimate of drug-likeness (QED) is 0.813. The molecule has 5 nitrogen and oxygen atoms in total. The third-order valence-corrected chi connectivity index (χ3v) is 4.74. The number of hydrogen-bond acceptors (Lipinski definition) is 5. The molecule has 4 rings (SSSR count). The number of benzene rings is 1. The molecule has 0 spiro atoms. The molecule has 2 aromatic rings. The van der Waals surface area contributed by atoms with Crippen LogP contribution in [0.25, 0.3) is 11.4 Å². The maximum Gasteiger partial charge on any atom is 0.163 e. The lowest BCUT2D eigenvalue weighted by molar-refractivity contribution is 0.126. The molecule has 1 fully saturated rings. The molecule has 1 aromatic heterocycles. The van der Waals surface area contributed by atoms with Gasteiger partial charge in [-0.1, -0.05) is 30.3 Å². The van der Waals surface area contributed by atoms with Crippen LogP contribution in [0, 0.1) is 0 Å². The first-order chi connectivity index (χ1) is 11.3. The Morgan fingerprint density at radius 1 is 1.04 bits per heavy atom. The van der Waals surface area contributed by atoms with Crippen molar-refractivity contribution in [2.75, 3.05) is 17.2 Å². The minimum absolute atomic E-state index is 0.134. The summed E-state index contributed by atoms with van der Waals surface area (Å²) in [7, 11) is 0. The van der Waals surface area contributed by atoms with Crippen LogP contribution in [0.5, 0.6) is 0 Å². The molecular weight excluding hydrogens is 288 g/mol. The number of aliphatic hydroxyl groups excluding tert-OH is 1. The van der Waals surface area contributed by atoms with Crippen molar-refractivity contribution >= 4 is 11.6 Å². The number of nitrogens with one attached hydrogen (secondary N) is 2. The fourth-order valence-corrected chi connectivity index (χ4v) is 3.42. The van der Waals surface area contributed by atoms with Crippen LogP contribution >= 0.6 is 0 Å². The van der Waals surface area contributed by atoms with Crippen LogP contribution in [0.4, 0.5) is 11.6 Å². The SMILES string of the molecule is O[C@H]1CC[C@H](Nc2nc(-c3ccccc3)nc3c2CCN3)CC1. The van der Waals surface area contributed by atoms with Gasteiger partial charge in [0.2, 0.25) is 0 Å². The largest absolute Gasteiger partial charge is 0.393 e. The topological polar surface area (TPSA) is 70.1 Å². The van der Waals surface area contributed by atoms with Crippen LogP contribution in [0.15, 0.2) is 30.3 Å². The number of aliphatic hydroxyl groups is 1.